The van der Waals surface area contributed by atoms with Crippen molar-refractivity contribution in [1.82, 2.24) is 19.3 Å². The van der Waals surface area contributed by atoms with Crippen LogP contribution in [0.4, 0.5) is 0 Å². The third-order valence-electron chi connectivity index (χ3n) is 4.16. The van der Waals surface area contributed by atoms with Crippen LogP contribution in [-0.2, 0) is 0 Å². The Hall–Kier alpha value is -3.21. The Balaban J connectivity index is 2.05. The lowest BCUT2D eigenvalue weighted by molar-refractivity contribution is 0.718. The van der Waals surface area contributed by atoms with E-state index in [1.54, 1.807) is 15.4 Å². The molecule has 0 amide bonds. The van der Waals surface area contributed by atoms with E-state index in [2.05, 4.69) is 5.10 Å². The quantitative estimate of drug-likeness (QED) is 0.575. The molecular weight excluding hydrogens is 312 g/mol. The van der Waals surface area contributed by atoms with Gasteiger partial charge in [0.25, 0.3) is 5.56 Å². The molecule has 0 saturated carbocycles. The SMILES string of the molecule is CC(C)c1nc2c(cnn2-c2ccccc2)c(=O)n1-c1ccccc1. The fourth-order valence-electron chi connectivity index (χ4n) is 2.96. The molecule has 0 N–H and O–H groups in total. The largest absolute Gasteiger partial charge is 0.269 e. The minimum absolute atomic E-state index is 0.0939. The summed E-state index contributed by atoms with van der Waals surface area (Å²) >= 11 is 0. The molecular formula is C20H18N4O. The Kier molecular flexibility index (Phi) is 3.69. The van der Waals surface area contributed by atoms with Gasteiger partial charge in [0, 0.05) is 5.92 Å². The summed E-state index contributed by atoms with van der Waals surface area (Å²) in [4.78, 5) is 18.0. The average Bonchev–Trinajstić information content (AvgIpc) is 3.07. The van der Waals surface area contributed by atoms with E-state index in [1.807, 2.05) is 74.5 Å². The lowest BCUT2D eigenvalue weighted by atomic mass is 10.2. The zero-order valence-corrected chi connectivity index (χ0v) is 14.1. The number of hydrogen-bond donors (Lipinski definition) is 0. The van der Waals surface area contributed by atoms with Gasteiger partial charge < -0.3 is 0 Å². The molecule has 0 aliphatic rings. The van der Waals surface area contributed by atoms with Gasteiger partial charge in [-0.2, -0.15) is 5.10 Å². The topological polar surface area (TPSA) is 52.7 Å². The third-order valence-corrected chi connectivity index (χ3v) is 4.16. The van der Waals surface area contributed by atoms with E-state index < -0.39 is 0 Å². The van der Waals surface area contributed by atoms with Crippen LogP contribution in [0, 0.1) is 0 Å². The van der Waals surface area contributed by atoms with Crippen LogP contribution in [0.1, 0.15) is 25.6 Å². The molecule has 0 fully saturated rings. The normalized spacial score (nSPS) is 11.3. The molecule has 5 nitrogen and oxygen atoms in total. The van der Waals surface area contributed by atoms with Crippen LogP contribution in [0.2, 0.25) is 0 Å². The highest BCUT2D eigenvalue weighted by Gasteiger charge is 2.18. The van der Waals surface area contributed by atoms with Gasteiger partial charge in [0.2, 0.25) is 0 Å². The van der Waals surface area contributed by atoms with Crippen molar-refractivity contribution in [2.45, 2.75) is 19.8 Å². The highest BCUT2D eigenvalue weighted by molar-refractivity contribution is 5.76. The number of nitrogens with zero attached hydrogens (tertiary/aromatic N) is 4. The molecule has 2 aromatic carbocycles. The molecule has 4 aromatic rings. The molecule has 0 saturated heterocycles. The van der Waals surface area contributed by atoms with Gasteiger partial charge in [-0.3, -0.25) is 9.36 Å². The fourth-order valence-corrected chi connectivity index (χ4v) is 2.96. The van der Waals surface area contributed by atoms with Crippen LogP contribution in [-0.4, -0.2) is 19.3 Å². The van der Waals surface area contributed by atoms with E-state index in [4.69, 9.17) is 4.98 Å². The first kappa shape index (κ1) is 15.3. The van der Waals surface area contributed by atoms with Crippen molar-refractivity contribution >= 4 is 11.0 Å². The number of benzene rings is 2. The number of fused-ring (bicyclic) bond motifs is 1. The van der Waals surface area contributed by atoms with E-state index in [0.717, 1.165) is 17.2 Å². The standard InChI is InChI=1S/C20H18N4O/c1-14(2)18-22-19-17(13-21-24(19)16-11-7-4-8-12-16)20(25)23(18)15-9-5-3-6-10-15/h3-14H,1-2H3. The van der Waals surface area contributed by atoms with Gasteiger partial charge in [-0.1, -0.05) is 50.2 Å². The summed E-state index contributed by atoms with van der Waals surface area (Å²) in [6, 6.07) is 19.3. The van der Waals surface area contributed by atoms with Crippen LogP contribution in [0.15, 0.2) is 71.7 Å². The molecule has 25 heavy (non-hydrogen) atoms. The monoisotopic (exact) mass is 330 g/mol. The predicted molar refractivity (Wildman–Crippen MR) is 98.6 cm³/mol. The predicted octanol–water partition coefficient (Wildman–Crippen LogP) is 3.69. The molecule has 4 rings (SSSR count). The lowest BCUT2D eigenvalue weighted by Gasteiger charge is -2.15. The number of hydrogen-bond acceptors (Lipinski definition) is 3. The maximum Gasteiger partial charge on any atom is 0.269 e. The fraction of sp³-hybridized carbons (Fsp3) is 0.150. The molecule has 0 spiro atoms. The number of rotatable bonds is 3. The van der Waals surface area contributed by atoms with Crippen molar-refractivity contribution in [1.29, 1.82) is 0 Å². The van der Waals surface area contributed by atoms with E-state index in [-0.39, 0.29) is 11.5 Å². The summed E-state index contributed by atoms with van der Waals surface area (Å²) in [5, 5.41) is 4.91. The van der Waals surface area contributed by atoms with Crippen molar-refractivity contribution in [3.63, 3.8) is 0 Å². The van der Waals surface area contributed by atoms with Crippen molar-refractivity contribution in [3.05, 3.63) is 83.0 Å². The smallest absolute Gasteiger partial charge is 0.268 e. The summed E-state index contributed by atoms with van der Waals surface area (Å²) in [5.74, 6) is 0.817. The molecule has 0 atom stereocenters. The van der Waals surface area contributed by atoms with Gasteiger partial charge in [-0.15, -0.1) is 0 Å². The highest BCUT2D eigenvalue weighted by atomic mass is 16.1. The maximum atomic E-state index is 13.2. The van der Waals surface area contributed by atoms with Crippen molar-refractivity contribution in [2.75, 3.05) is 0 Å². The first-order chi connectivity index (χ1) is 12.2. The first-order valence-corrected chi connectivity index (χ1v) is 8.28. The van der Waals surface area contributed by atoms with Crippen LogP contribution in [0.25, 0.3) is 22.4 Å². The van der Waals surface area contributed by atoms with Gasteiger partial charge in [0.1, 0.15) is 11.2 Å². The van der Waals surface area contributed by atoms with E-state index >= 15 is 0 Å². The summed E-state index contributed by atoms with van der Waals surface area (Å²) in [7, 11) is 0. The summed E-state index contributed by atoms with van der Waals surface area (Å²) in [6.07, 6.45) is 1.60. The Morgan fingerprint density at radius 2 is 1.48 bits per heavy atom. The van der Waals surface area contributed by atoms with Gasteiger partial charge in [-0.25, -0.2) is 9.67 Å². The van der Waals surface area contributed by atoms with Gasteiger partial charge >= 0.3 is 0 Å². The van der Waals surface area contributed by atoms with Crippen molar-refractivity contribution in [2.24, 2.45) is 0 Å². The second-order valence-electron chi connectivity index (χ2n) is 6.23. The van der Waals surface area contributed by atoms with Gasteiger partial charge in [0.15, 0.2) is 5.65 Å². The Morgan fingerprint density at radius 1 is 0.880 bits per heavy atom. The Bertz CT molecular complexity index is 1080. The minimum atomic E-state index is -0.0953. The Labute approximate surface area is 145 Å². The van der Waals surface area contributed by atoms with E-state index in [9.17, 15) is 4.79 Å². The zero-order chi connectivity index (χ0) is 17.4. The molecule has 0 unspecified atom stereocenters. The molecule has 0 aliphatic heterocycles. The van der Waals surface area contributed by atoms with Crippen LogP contribution in [0.3, 0.4) is 0 Å². The molecule has 2 heterocycles. The minimum Gasteiger partial charge on any atom is -0.268 e. The second kappa shape index (κ2) is 6.02. The number of aromatic nitrogens is 4. The molecule has 0 aliphatic carbocycles. The van der Waals surface area contributed by atoms with Crippen LogP contribution in [0.5, 0.6) is 0 Å². The van der Waals surface area contributed by atoms with Crippen molar-refractivity contribution < 1.29 is 0 Å². The number of para-hydroxylation sites is 2. The summed E-state index contributed by atoms with van der Waals surface area (Å²) in [5.41, 5.74) is 2.20. The van der Waals surface area contributed by atoms with E-state index in [1.165, 1.54) is 0 Å². The summed E-state index contributed by atoms with van der Waals surface area (Å²) in [6.45, 7) is 4.08. The summed E-state index contributed by atoms with van der Waals surface area (Å²) < 4.78 is 3.40. The molecule has 2 aromatic heterocycles. The van der Waals surface area contributed by atoms with Crippen molar-refractivity contribution in [3.8, 4) is 11.4 Å². The highest BCUT2D eigenvalue weighted by Crippen LogP contribution is 2.20. The second-order valence-corrected chi connectivity index (χ2v) is 6.23. The molecule has 0 bridgehead atoms. The van der Waals surface area contributed by atoms with E-state index in [0.29, 0.717) is 11.0 Å². The molecule has 0 radical (unpaired) electrons. The maximum absolute atomic E-state index is 13.2. The van der Waals surface area contributed by atoms with Gasteiger partial charge in [0.05, 0.1) is 17.6 Å². The Morgan fingerprint density at radius 3 is 2.08 bits per heavy atom. The third kappa shape index (κ3) is 2.54. The first-order valence-electron chi connectivity index (χ1n) is 8.28. The van der Waals surface area contributed by atoms with Gasteiger partial charge in [-0.05, 0) is 24.3 Å². The zero-order valence-electron chi connectivity index (χ0n) is 14.1. The van der Waals surface area contributed by atoms with Crippen LogP contribution >= 0.6 is 0 Å². The lowest BCUT2D eigenvalue weighted by Crippen LogP contribution is -2.24. The van der Waals surface area contributed by atoms with Crippen LogP contribution < -0.4 is 5.56 Å². The average molecular weight is 330 g/mol. The molecule has 124 valence electrons. The molecule has 5 heteroatoms.